The average molecular weight is 207 g/mol. The molecular weight excluding hydrogens is 190 g/mol. The number of rotatable bonds is 3. The van der Waals surface area contributed by atoms with E-state index >= 15 is 0 Å². The highest BCUT2D eigenvalue weighted by molar-refractivity contribution is 5.50. The van der Waals surface area contributed by atoms with Gasteiger partial charge in [0.1, 0.15) is 11.5 Å². The van der Waals surface area contributed by atoms with E-state index in [2.05, 4.69) is 0 Å². The molecule has 1 aromatic carbocycles. The zero-order valence-corrected chi connectivity index (χ0v) is 9.03. The second-order valence-electron chi connectivity index (χ2n) is 3.97. The molecule has 82 valence electrons. The molecule has 1 aliphatic rings. The van der Waals surface area contributed by atoms with Gasteiger partial charge < -0.3 is 15.2 Å². The van der Waals surface area contributed by atoms with Crippen molar-refractivity contribution in [3.05, 3.63) is 18.2 Å². The summed E-state index contributed by atoms with van der Waals surface area (Å²) >= 11 is 0. The normalized spacial score (nSPS) is 16.6. The molecule has 2 rings (SSSR count). The number of benzene rings is 1. The zero-order valence-electron chi connectivity index (χ0n) is 9.03. The van der Waals surface area contributed by atoms with Crippen molar-refractivity contribution in [1.82, 2.24) is 0 Å². The number of hydrogen-bond donors (Lipinski definition) is 1. The van der Waals surface area contributed by atoms with Crippen LogP contribution in [-0.4, -0.2) is 13.2 Å². The lowest BCUT2D eigenvalue weighted by Gasteiger charge is -2.14. The zero-order chi connectivity index (χ0) is 10.7. The Bertz CT molecular complexity index is 332. The van der Waals surface area contributed by atoms with Gasteiger partial charge in [-0.1, -0.05) is 0 Å². The van der Waals surface area contributed by atoms with Crippen molar-refractivity contribution in [3.8, 4) is 11.5 Å². The summed E-state index contributed by atoms with van der Waals surface area (Å²) in [5, 5.41) is 0. The smallest absolute Gasteiger partial charge is 0.125 e. The third-order valence-corrected chi connectivity index (χ3v) is 2.74. The molecule has 0 spiro atoms. The Kier molecular flexibility index (Phi) is 2.99. The molecule has 3 heteroatoms. The van der Waals surface area contributed by atoms with Crippen LogP contribution >= 0.6 is 0 Å². The molecule has 0 atom stereocenters. The van der Waals surface area contributed by atoms with Crippen LogP contribution in [0.4, 0.5) is 5.69 Å². The van der Waals surface area contributed by atoms with Gasteiger partial charge in [-0.3, -0.25) is 0 Å². The summed E-state index contributed by atoms with van der Waals surface area (Å²) < 4.78 is 11.0. The first-order valence-electron chi connectivity index (χ1n) is 5.39. The monoisotopic (exact) mass is 207 g/mol. The Labute approximate surface area is 90.2 Å². The summed E-state index contributed by atoms with van der Waals surface area (Å²) in [5.41, 5.74) is 6.43. The number of hydrogen-bond acceptors (Lipinski definition) is 3. The Balaban J connectivity index is 2.09. The van der Waals surface area contributed by atoms with Crippen LogP contribution in [0, 0.1) is 0 Å². The van der Waals surface area contributed by atoms with E-state index in [-0.39, 0.29) is 0 Å². The van der Waals surface area contributed by atoms with Gasteiger partial charge in [0.05, 0.1) is 13.2 Å². The molecule has 0 unspecified atom stereocenters. The van der Waals surface area contributed by atoms with Crippen molar-refractivity contribution in [2.45, 2.75) is 31.8 Å². The summed E-state index contributed by atoms with van der Waals surface area (Å²) in [6, 6.07) is 5.52. The first-order chi connectivity index (χ1) is 7.28. The molecule has 0 aromatic heterocycles. The van der Waals surface area contributed by atoms with Crippen LogP contribution in [0.3, 0.4) is 0 Å². The predicted molar refractivity (Wildman–Crippen MR) is 60.3 cm³/mol. The lowest BCUT2D eigenvalue weighted by molar-refractivity contribution is 0.209. The maximum Gasteiger partial charge on any atom is 0.125 e. The fourth-order valence-electron chi connectivity index (χ4n) is 1.98. The van der Waals surface area contributed by atoms with Gasteiger partial charge >= 0.3 is 0 Å². The average Bonchev–Trinajstić information content (AvgIpc) is 2.69. The van der Waals surface area contributed by atoms with E-state index in [1.54, 1.807) is 13.2 Å². The van der Waals surface area contributed by atoms with Gasteiger partial charge in [-0.15, -0.1) is 0 Å². The van der Waals surface area contributed by atoms with Crippen LogP contribution < -0.4 is 15.2 Å². The predicted octanol–water partition coefficient (Wildman–Crippen LogP) is 2.60. The van der Waals surface area contributed by atoms with Crippen LogP contribution in [0.25, 0.3) is 0 Å². The Morgan fingerprint density at radius 2 is 1.80 bits per heavy atom. The third-order valence-electron chi connectivity index (χ3n) is 2.74. The SMILES string of the molecule is COc1cc(N)cc(OC2CCCC2)c1. The Morgan fingerprint density at radius 3 is 2.47 bits per heavy atom. The first kappa shape index (κ1) is 10.1. The number of ether oxygens (including phenoxy) is 2. The summed E-state index contributed by atoms with van der Waals surface area (Å²) in [4.78, 5) is 0. The van der Waals surface area contributed by atoms with Crippen molar-refractivity contribution in [3.63, 3.8) is 0 Å². The molecule has 1 aliphatic carbocycles. The van der Waals surface area contributed by atoms with Gasteiger partial charge in [0.15, 0.2) is 0 Å². The molecule has 15 heavy (non-hydrogen) atoms. The molecule has 0 radical (unpaired) electrons. The molecular formula is C12H17NO2. The minimum atomic E-state index is 0.358. The largest absolute Gasteiger partial charge is 0.497 e. The maximum absolute atomic E-state index is 5.84. The fourth-order valence-corrected chi connectivity index (χ4v) is 1.98. The topological polar surface area (TPSA) is 44.5 Å². The molecule has 1 aromatic rings. The van der Waals surface area contributed by atoms with E-state index in [0.717, 1.165) is 24.3 Å². The molecule has 0 heterocycles. The van der Waals surface area contributed by atoms with Crippen LogP contribution in [0.2, 0.25) is 0 Å². The second kappa shape index (κ2) is 4.43. The second-order valence-corrected chi connectivity index (χ2v) is 3.97. The highest BCUT2D eigenvalue weighted by Crippen LogP contribution is 2.28. The van der Waals surface area contributed by atoms with Gasteiger partial charge in [0.25, 0.3) is 0 Å². The minimum Gasteiger partial charge on any atom is -0.497 e. The minimum absolute atomic E-state index is 0.358. The highest BCUT2D eigenvalue weighted by atomic mass is 16.5. The van der Waals surface area contributed by atoms with E-state index in [0.29, 0.717) is 11.8 Å². The third kappa shape index (κ3) is 2.55. The van der Waals surface area contributed by atoms with Crippen molar-refractivity contribution in [1.29, 1.82) is 0 Å². The highest BCUT2D eigenvalue weighted by Gasteiger charge is 2.16. The number of methoxy groups -OCH3 is 1. The molecule has 1 fully saturated rings. The van der Waals surface area contributed by atoms with E-state index in [1.165, 1.54) is 12.8 Å². The molecule has 3 nitrogen and oxygen atoms in total. The molecule has 0 amide bonds. The lowest BCUT2D eigenvalue weighted by atomic mass is 10.2. The Hall–Kier alpha value is -1.38. The molecule has 0 aliphatic heterocycles. The van der Waals surface area contributed by atoms with E-state index in [1.807, 2.05) is 12.1 Å². The van der Waals surface area contributed by atoms with Crippen LogP contribution in [0.1, 0.15) is 25.7 Å². The van der Waals surface area contributed by atoms with Gasteiger partial charge in [0, 0.05) is 23.9 Å². The van der Waals surface area contributed by atoms with Crippen molar-refractivity contribution in [2.75, 3.05) is 12.8 Å². The van der Waals surface area contributed by atoms with Gasteiger partial charge in [-0.05, 0) is 25.7 Å². The van der Waals surface area contributed by atoms with Crippen LogP contribution in [0.15, 0.2) is 18.2 Å². The van der Waals surface area contributed by atoms with Gasteiger partial charge in [-0.2, -0.15) is 0 Å². The fraction of sp³-hybridized carbons (Fsp3) is 0.500. The van der Waals surface area contributed by atoms with E-state index < -0.39 is 0 Å². The maximum atomic E-state index is 5.84. The molecule has 1 saturated carbocycles. The standard InChI is InChI=1S/C12H17NO2/c1-14-11-6-9(13)7-12(8-11)15-10-4-2-3-5-10/h6-8,10H,2-5,13H2,1H3. The molecule has 2 N–H and O–H groups in total. The summed E-state index contributed by atoms with van der Waals surface area (Å²) in [7, 11) is 1.63. The van der Waals surface area contributed by atoms with E-state index in [4.69, 9.17) is 15.2 Å². The number of nitrogens with two attached hydrogens (primary N) is 1. The van der Waals surface area contributed by atoms with Crippen LogP contribution in [-0.2, 0) is 0 Å². The van der Waals surface area contributed by atoms with Crippen molar-refractivity contribution in [2.24, 2.45) is 0 Å². The Morgan fingerprint density at radius 1 is 1.13 bits per heavy atom. The number of nitrogen functional groups attached to an aromatic ring is 1. The van der Waals surface area contributed by atoms with Crippen LogP contribution in [0.5, 0.6) is 11.5 Å². The van der Waals surface area contributed by atoms with Crippen molar-refractivity contribution < 1.29 is 9.47 Å². The number of anilines is 1. The van der Waals surface area contributed by atoms with Gasteiger partial charge in [0.2, 0.25) is 0 Å². The lowest BCUT2D eigenvalue weighted by Crippen LogP contribution is -2.11. The van der Waals surface area contributed by atoms with Crippen molar-refractivity contribution >= 4 is 5.69 Å². The summed E-state index contributed by atoms with van der Waals surface area (Å²) in [6.45, 7) is 0. The van der Waals surface area contributed by atoms with Gasteiger partial charge in [-0.25, -0.2) is 0 Å². The quantitative estimate of drug-likeness (QED) is 0.775. The molecule has 0 bridgehead atoms. The van der Waals surface area contributed by atoms with E-state index in [9.17, 15) is 0 Å². The first-order valence-corrected chi connectivity index (χ1v) is 5.39. The molecule has 0 saturated heterocycles. The summed E-state index contributed by atoms with van der Waals surface area (Å²) in [6.07, 6.45) is 5.19. The summed E-state index contributed by atoms with van der Waals surface area (Å²) in [5.74, 6) is 1.57.